The largest absolute Gasteiger partial charge is 0.465 e. The third kappa shape index (κ3) is 4.02. The van der Waals surface area contributed by atoms with Gasteiger partial charge >= 0.3 is 5.97 Å². The van der Waals surface area contributed by atoms with Gasteiger partial charge < -0.3 is 15.4 Å². The van der Waals surface area contributed by atoms with E-state index < -0.39 is 0 Å². The van der Waals surface area contributed by atoms with Crippen molar-refractivity contribution in [3.63, 3.8) is 0 Å². The number of ether oxygens (including phenoxy) is 1. The zero-order valence-corrected chi connectivity index (χ0v) is 13.4. The van der Waals surface area contributed by atoms with Crippen LogP contribution < -0.4 is 10.6 Å². The van der Waals surface area contributed by atoms with E-state index in [1.807, 2.05) is 19.1 Å². The fourth-order valence-corrected chi connectivity index (χ4v) is 2.90. The maximum absolute atomic E-state index is 11.8. The number of anilines is 1. The highest BCUT2D eigenvalue weighted by Crippen LogP contribution is 2.29. The summed E-state index contributed by atoms with van der Waals surface area (Å²) in [4.78, 5) is 12.8. The number of aromatic amines is 1. The number of hydrogen-bond acceptors (Lipinski definition) is 5. The molecule has 3 N–H and O–H groups in total. The SMILES string of the molecule is CCc1cc(C(=O)OC)c(NC(=S)NCc2ccn[nH]2)s1. The quantitative estimate of drug-likeness (QED) is 0.578. The Morgan fingerprint density at radius 3 is 3.00 bits per heavy atom. The van der Waals surface area contributed by atoms with Crippen molar-refractivity contribution in [1.82, 2.24) is 15.5 Å². The van der Waals surface area contributed by atoms with Crippen molar-refractivity contribution in [3.05, 3.63) is 34.5 Å². The van der Waals surface area contributed by atoms with Gasteiger partial charge in [0.25, 0.3) is 0 Å². The van der Waals surface area contributed by atoms with Gasteiger partial charge in [0.05, 0.1) is 24.9 Å². The average Bonchev–Trinajstić information content (AvgIpc) is 3.13. The third-order valence-corrected chi connectivity index (χ3v) is 4.20. The van der Waals surface area contributed by atoms with Gasteiger partial charge in [0.1, 0.15) is 5.00 Å². The van der Waals surface area contributed by atoms with Crippen LogP contribution in [-0.2, 0) is 17.7 Å². The van der Waals surface area contributed by atoms with Gasteiger partial charge in [0.2, 0.25) is 0 Å². The minimum atomic E-state index is -0.371. The molecule has 21 heavy (non-hydrogen) atoms. The second-order valence-corrected chi connectivity index (χ2v) is 5.74. The summed E-state index contributed by atoms with van der Waals surface area (Å²) in [7, 11) is 1.37. The first-order valence-electron chi connectivity index (χ1n) is 6.38. The summed E-state index contributed by atoms with van der Waals surface area (Å²) in [5.74, 6) is -0.371. The Morgan fingerprint density at radius 2 is 2.38 bits per heavy atom. The third-order valence-electron chi connectivity index (χ3n) is 2.76. The van der Waals surface area contributed by atoms with Crippen LogP contribution in [0.3, 0.4) is 0 Å². The zero-order chi connectivity index (χ0) is 15.2. The van der Waals surface area contributed by atoms with Crippen molar-refractivity contribution in [2.45, 2.75) is 19.9 Å². The average molecular weight is 324 g/mol. The maximum atomic E-state index is 11.8. The second-order valence-electron chi connectivity index (χ2n) is 4.19. The van der Waals surface area contributed by atoms with E-state index in [-0.39, 0.29) is 5.97 Å². The van der Waals surface area contributed by atoms with Crippen LogP contribution in [0.1, 0.15) is 27.9 Å². The highest BCUT2D eigenvalue weighted by Gasteiger charge is 2.17. The predicted molar refractivity (Wildman–Crippen MR) is 86.7 cm³/mol. The van der Waals surface area contributed by atoms with Gasteiger partial charge in [-0.2, -0.15) is 5.10 Å². The molecule has 2 aromatic heterocycles. The molecule has 0 bridgehead atoms. The first-order chi connectivity index (χ1) is 10.1. The molecule has 0 aromatic carbocycles. The molecule has 0 atom stereocenters. The molecule has 0 aliphatic rings. The minimum Gasteiger partial charge on any atom is -0.465 e. The standard InChI is InChI=1S/C13H16N4O2S2/c1-3-9-6-10(12(18)19-2)11(21-9)16-13(20)14-7-8-4-5-15-17-8/h4-6H,3,7H2,1-2H3,(H,15,17)(H2,14,16,20). The number of aromatic nitrogens is 2. The lowest BCUT2D eigenvalue weighted by atomic mass is 10.2. The van der Waals surface area contributed by atoms with E-state index in [1.54, 1.807) is 6.20 Å². The van der Waals surface area contributed by atoms with Gasteiger partial charge in [0, 0.05) is 11.1 Å². The lowest BCUT2D eigenvalue weighted by Crippen LogP contribution is -2.28. The number of thiophene rings is 1. The second kappa shape index (κ2) is 7.19. The fraction of sp³-hybridized carbons (Fsp3) is 0.308. The molecule has 0 fully saturated rings. The molecular weight excluding hydrogens is 308 g/mol. The summed E-state index contributed by atoms with van der Waals surface area (Å²) < 4.78 is 4.79. The van der Waals surface area contributed by atoms with Crippen molar-refractivity contribution >= 4 is 39.6 Å². The topological polar surface area (TPSA) is 79.0 Å². The molecule has 6 nitrogen and oxygen atoms in total. The van der Waals surface area contributed by atoms with E-state index >= 15 is 0 Å². The molecule has 112 valence electrons. The van der Waals surface area contributed by atoms with E-state index in [0.717, 1.165) is 17.0 Å². The molecule has 0 amide bonds. The van der Waals surface area contributed by atoms with Crippen LogP contribution >= 0.6 is 23.6 Å². The Hall–Kier alpha value is -1.93. The Kier molecular flexibility index (Phi) is 5.29. The minimum absolute atomic E-state index is 0.371. The zero-order valence-electron chi connectivity index (χ0n) is 11.7. The number of carbonyl (C=O) groups is 1. The van der Waals surface area contributed by atoms with Crippen molar-refractivity contribution in [3.8, 4) is 0 Å². The highest BCUT2D eigenvalue weighted by molar-refractivity contribution is 7.80. The molecule has 0 unspecified atom stereocenters. The van der Waals surface area contributed by atoms with Gasteiger partial charge in [-0.25, -0.2) is 4.79 Å². The molecule has 2 aromatic rings. The lowest BCUT2D eigenvalue weighted by molar-refractivity contribution is 0.0602. The van der Waals surface area contributed by atoms with Crippen LogP contribution in [0, 0.1) is 0 Å². The number of thiocarbonyl (C=S) groups is 1. The van der Waals surface area contributed by atoms with E-state index in [2.05, 4.69) is 20.8 Å². The summed E-state index contributed by atoms with van der Waals surface area (Å²) in [6.45, 7) is 2.57. The van der Waals surface area contributed by atoms with E-state index in [1.165, 1.54) is 18.4 Å². The molecule has 0 radical (unpaired) electrons. The monoisotopic (exact) mass is 324 g/mol. The van der Waals surface area contributed by atoms with E-state index in [9.17, 15) is 4.79 Å². The summed E-state index contributed by atoms with van der Waals surface area (Å²) >= 11 is 6.73. The highest BCUT2D eigenvalue weighted by atomic mass is 32.1. The Morgan fingerprint density at radius 1 is 1.57 bits per heavy atom. The van der Waals surface area contributed by atoms with E-state index in [4.69, 9.17) is 17.0 Å². The van der Waals surface area contributed by atoms with Gasteiger partial charge in [-0.3, -0.25) is 5.10 Å². The summed E-state index contributed by atoms with van der Waals surface area (Å²) in [6, 6.07) is 3.69. The number of carbonyl (C=O) groups excluding carboxylic acids is 1. The predicted octanol–water partition coefficient (Wildman–Crippen LogP) is 2.31. The number of esters is 1. The van der Waals surface area contributed by atoms with Crippen LogP contribution in [0.4, 0.5) is 5.00 Å². The number of hydrogen-bond donors (Lipinski definition) is 3. The number of aryl methyl sites for hydroxylation is 1. The molecule has 8 heteroatoms. The number of methoxy groups -OCH3 is 1. The summed E-state index contributed by atoms with van der Waals surface area (Å²) in [5.41, 5.74) is 1.43. The maximum Gasteiger partial charge on any atom is 0.340 e. The smallest absolute Gasteiger partial charge is 0.340 e. The number of nitrogens with one attached hydrogen (secondary N) is 3. The van der Waals surface area contributed by atoms with Crippen molar-refractivity contribution in [1.29, 1.82) is 0 Å². The first-order valence-corrected chi connectivity index (χ1v) is 7.60. The van der Waals surface area contributed by atoms with Crippen molar-refractivity contribution in [2.24, 2.45) is 0 Å². The van der Waals surface area contributed by atoms with Crippen LogP contribution in [0.25, 0.3) is 0 Å². The number of nitrogens with zero attached hydrogens (tertiary/aromatic N) is 1. The Bertz CT molecular complexity index is 622. The molecule has 2 heterocycles. The summed E-state index contributed by atoms with van der Waals surface area (Å²) in [6.07, 6.45) is 2.53. The summed E-state index contributed by atoms with van der Waals surface area (Å²) in [5, 5.41) is 13.9. The normalized spacial score (nSPS) is 10.2. The van der Waals surface area contributed by atoms with Gasteiger partial charge in [-0.1, -0.05) is 6.92 Å². The van der Waals surface area contributed by atoms with Gasteiger partial charge in [0.15, 0.2) is 5.11 Å². The van der Waals surface area contributed by atoms with Gasteiger partial charge in [-0.15, -0.1) is 11.3 Å². The Balaban J connectivity index is 2.02. The molecule has 0 saturated carbocycles. The van der Waals surface area contributed by atoms with Crippen LogP contribution in [0.5, 0.6) is 0 Å². The first kappa shape index (κ1) is 15.5. The molecular formula is C13H16N4O2S2. The molecule has 2 rings (SSSR count). The van der Waals surface area contributed by atoms with Crippen LogP contribution in [0.2, 0.25) is 0 Å². The Labute approximate surface area is 131 Å². The molecule has 0 aliphatic heterocycles. The fourth-order valence-electron chi connectivity index (χ4n) is 1.68. The number of rotatable bonds is 5. The van der Waals surface area contributed by atoms with Gasteiger partial charge in [-0.05, 0) is 30.8 Å². The van der Waals surface area contributed by atoms with Crippen LogP contribution in [0.15, 0.2) is 18.3 Å². The van der Waals surface area contributed by atoms with Crippen molar-refractivity contribution in [2.75, 3.05) is 12.4 Å². The lowest BCUT2D eigenvalue weighted by Gasteiger charge is -2.09. The van der Waals surface area contributed by atoms with Crippen LogP contribution in [-0.4, -0.2) is 28.4 Å². The van der Waals surface area contributed by atoms with E-state index in [0.29, 0.717) is 22.2 Å². The molecule has 0 aliphatic carbocycles. The van der Waals surface area contributed by atoms with Crippen molar-refractivity contribution < 1.29 is 9.53 Å². The molecule has 0 spiro atoms. The number of H-pyrrole nitrogens is 1. The molecule has 0 saturated heterocycles.